The Kier molecular flexibility index (Phi) is 5.95. The summed E-state index contributed by atoms with van der Waals surface area (Å²) in [6.07, 6.45) is -7.42. The van der Waals surface area contributed by atoms with Crippen molar-refractivity contribution >= 4 is 11.8 Å². The molecule has 0 radical (unpaired) electrons. The molecule has 0 fully saturated rings. The maximum atomic E-state index is 12.6. The minimum Gasteiger partial charge on any atom is -0.345 e. The molecule has 0 spiro atoms. The van der Waals surface area contributed by atoms with Gasteiger partial charge in [-0.2, -0.15) is 31.4 Å². The number of amides is 2. The van der Waals surface area contributed by atoms with Crippen LogP contribution in [0.3, 0.4) is 0 Å². The lowest BCUT2D eigenvalue weighted by Crippen LogP contribution is -2.40. The summed E-state index contributed by atoms with van der Waals surface area (Å²) >= 11 is 0. The van der Waals surface area contributed by atoms with Crippen molar-refractivity contribution in [3.8, 4) is 5.82 Å². The van der Waals surface area contributed by atoms with Crippen LogP contribution in [-0.4, -0.2) is 45.8 Å². The third kappa shape index (κ3) is 5.44. The van der Waals surface area contributed by atoms with E-state index in [0.29, 0.717) is 6.20 Å². The maximum Gasteiger partial charge on any atom is 0.417 e. The van der Waals surface area contributed by atoms with Crippen LogP contribution in [-0.2, 0) is 11.0 Å². The highest BCUT2D eigenvalue weighted by Crippen LogP contribution is 2.28. The molecule has 0 aliphatic rings. The number of aromatic nitrogens is 3. The molecule has 28 heavy (non-hydrogen) atoms. The Balaban J connectivity index is 2.04. The average Bonchev–Trinajstić information content (AvgIpc) is 2.98. The Morgan fingerprint density at radius 2 is 1.75 bits per heavy atom. The highest BCUT2D eigenvalue weighted by atomic mass is 19.4. The molecule has 2 aromatic rings. The second kappa shape index (κ2) is 7.86. The molecule has 0 bridgehead atoms. The van der Waals surface area contributed by atoms with Crippen molar-refractivity contribution < 1.29 is 35.9 Å². The minimum atomic E-state index is -4.58. The number of pyridine rings is 1. The Bertz CT molecular complexity index is 857. The molecule has 0 aromatic carbocycles. The molecule has 2 amide bonds. The first-order valence-corrected chi connectivity index (χ1v) is 7.58. The standard InChI is InChI=1S/C15H13F6N5O2/c1-8-10(13(28)23-6-12(27)24-7-14(16,17)18)5-25-26(8)11-3-2-9(4-22-11)15(19,20)21/h2-5H,6-7H2,1H3,(H,23,28)(H,24,27). The summed E-state index contributed by atoms with van der Waals surface area (Å²) in [5.74, 6) is -1.81. The third-order valence-electron chi connectivity index (χ3n) is 3.44. The van der Waals surface area contributed by atoms with Gasteiger partial charge >= 0.3 is 12.4 Å². The minimum absolute atomic E-state index is 0.0208. The van der Waals surface area contributed by atoms with E-state index in [1.165, 1.54) is 6.92 Å². The van der Waals surface area contributed by atoms with Crippen molar-refractivity contribution in [1.82, 2.24) is 25.4 Å². The molecule has 13 heteroatoms. The van der Waals surface area contributed by atoms with Crippen LogP contribution in [0.4, 0.5) is 26.3 Å². The summed E-state index contributed by atoms with van der Waals surface area (Å²) in [7, 11) is 0. The summed E-state index contributed by atoms with van der Waals surface area (Å²) in [5.41, 5.74) is -0.769. The fourth-order valence-electron chi connectivity index (χ4n) is 2.06. The zero-order valence-electron chi connectivity index (χ0n) is 14.1. The molecule has 152 valence electrons. The van der Waals surface area contributed by atoms with Crippen molar-refractivity contribution in [2.45, 2.75) is 19.3 Å². The highest BCUT2D eigenvalue weighted by Gasteiger charge is 2.31. The van der Waals surface area contributed by atoms with Crippen molar-refractivity contribution in [1.29, 1.82) is 0 Å². The van der Waals surface area contributed by atoms with Gasteiger partial charge in [0.15, 0.2) is 5.82 Å². The third-order valence-corrected chi connectivity index (χ3v) is 3.44. The second-order valence-electron chi connectivity index (χ2n) is 5.53. The van der Waals surface area contributed by atoms with Crippen molar-refractivity contribution in [2.75, 3.05) is 13.1 Å². The lowest BCUT2D eigenvalue weighted by Gasteiger charge is -2.09. The van der Waals surface area contributed by atoms with Crippen molar-refractivity contribution in [2.24, 2.45) is 0 Å². The molecule has 2 rings (SSSR count). The first-order valence-electron chi connectivity index (χ1n) is 7.58. The number of alkyl halides is 6. The zero-order chi connectivity index (χ0) is 21.1. The van der Waals surface area contributed by atoms with Gasteiger partial charge in [-0.1, -0.05) is 0 Å². The summed E-state index contributed by atoms with van der Waals surface area (Å²) in [4.78, 5) is 27.0. The average molecular weight is 409 g/mol. The van der Waals surface area contributed by atoms with Gasteiger partial charge in [-0.15, -0.1) is 0 Å². The first-order chi connectivity index (χ1) is 12.9. The molecule has 0 aliphatic heterocycles. The molecule has 2 N–H and O–H groups in total. The SMILES string of the molecule is Cc1c(C(=O)NCC(=O)NCC(F)(F)F)cnn1-c1ccc(C(F)(F)F)cn1. The van der Waals surface area contributed by atoms with Crippen LogP contribution < -0.4 is 10.6 Å². The number of hydrogen-bond acceptors (Lipinski definition) is 4. The fraction of sp³-hybridized carbons (Fsp3) is 0.333. The van der Waals surface area contributed by atoms with Crippen LogP contribution in [0.2, 0.25) is 0 Å². The summed E-state index contributed by atoms with van der Waals surface area (Å²) in [5, 5.41) is 7.58. The van der Waals surface area contributed by atoms with Gasteiger partial charge in [-0.25, -0.2) is 9.67 Å². The van der Waals surface area contributed by atoms with E-state index in [2.05, 4.69) is 15.4 Å². The van der Waals surface area contributed by atoms with Gasteiger partial charge in [0.25, 0.3) is 5.91 Å². The molecule has 0 aliphatic carbocycles. The predicted octanol–water partition coefficient (Wildman–Crippen LogP) is 2.00. The van der Waals surface area contributed by atoms with Gasteiger partial charge in [-0.3, -0.25) is 9.59 Å². The molecule has 2 aromatic heterocycles. The maximum absolute atomic E-state index is 12.6. The molecule has 0 unspecified atom stereocenters. The van der Waals surface area contributed by atoms with Crippen molar-refractivity contribution in [3.05, 3.63) is 41.3 Å². The molecule has 0 saturated heterocycles. The monoisotopic (exact) mass is 409 g/mol. The topological polar surface area (TPSA) is 88.9 Å². The normalized spacial score (nSPS) is 12.0. The van der Waals surface area contributed by atoms with Crippen molar-refractivity contribution in [3.63, 3.8) is 0 Å². The lowest BCUT2D eigenvalue weighted by atomic mass is 10.2. The molecular formula is C15H13F6N5O2. The lowest BCUT2D eigenvalue weighted by molar-refractivity contribution is -0.137. The van der Waals surface area contributed by atoms with E-state index in [1.54, 1.807) is 5.32 Å². The van der Waals surface area contributed by atoms with E-state index in [4.69, 9.17) is 0 Å². The largest absolute Gasteiger partial charge is 0.417 e. The fourth-order valence-corrected chi connectivity index (χ4v) is 2.06. The number of nitrogens with zero attached hydrogens (tertiary/aromatic N) is 3. The van der Waals surface area contributed by atoms with Crippen LogP contribution in [0.25, 0.3) is 5.82 Å². The van der Waals surface area contributed by atoms with Gasteiger partial charge in [0.1, 0.15) is 6.54 Å². The van der Waals surface area contributed by atoms with Gasteiger partial charge in [0.05, 0.1) is 29.6 Å². The Morgan fingerprint density at radius 1 is 1.07 bits per heavy atom. The highest BCUT2D eigenvalue weighted by molar-refractivity contribution is 5.97. The van der Waals surface area contributed by atoms with Crippen LogP contribution in [0, 0.1) is 6.92 Å². The van der Waals surface area contributed by atoms with Gasteiger partial charge in [-0.05, 0) is 19.1 Å². The van der Waals surface area contributed by atoms with E-state index < -0.39 is 42.8 Å². The summed E-state index contributed by atoms with van der Waals surface area (Å²) in [6, 6.07) is 1.86. The van der Waals surface area contributed by atoms with Crippen LogP contribution in [0.5, 0.6) is 0 Å². The van der Waals surface area contributed by atoms with E-state index in [-0.39, 0.29) is 17.1 Å². The number of nitrogens with one attached hydrogen (secondary N) is 2. The number of halogens is 6. The van der Waals surface area contributed by atoms with Crippen LogP contribution in [0.15, 0.2) is 24.5 Å². The number of carbonyl (C=O) groups is 2. The zero-order valence-corrected chi connectivity index (χ0v) is 14.1. The summed E-state index contributed by atoms with van der Waals surface area (Å²) in [6.45, 7) is -0.790. The Hall–Kier alpha value is -3.12. The van der Waals surface area contributed by atoms with Crippen LogP contribution in [0.1, 0.15) is 21.6 Å². The quantitative estimate of drug-likeness (QED) is 0.740. The van der Waals surface area contributed by atoms with Gasteiger partial charge in [0.2, 0.25) is 5.91 Å². The Labute approximate surface area is 153 Å². The first kappa shape index (κ1) is 21.2. The second-order valence-corrected chi connectivity index (χ2v) is 5.53. The Morgan fingerprint density at radius 3 is 2.29 bits per heavy atom. The van der Waals surface area contributed by atoms with E-state index >= 15 is 0 Å². The molecule has 2 heterocycles. The molecule has 0 atom stereocenters. The van der Waals surface area contributed by atoms with E-state index in [9.17, 15) is 35.9 Å². The number of hydrogen-bond donors (Lipinski definition) is 2. The van der Waals surface area contributed by atoms with Gasteiger partial charge < -0.3 is 10.6 Å². The van der Waals surface area contributed by atoms with E-state index in [0.717, 1.165) is 23.0 Å². The molecule has 7 nitrogen and oxygen atoms in total. The number of rotatable bonds is 5. The number of carbonyl (C=O) groups excluding carboxylic acids is 2. The van der Waals surface area contributed by atoms with Gasteiger partial charge in [0, 0.05) is 6.20 Å². The molecule has 0 saturated carbocycles. The predicted molar refractivity (Wildman–Crippen MR) is 82.5 cm³/mol. The van der Waals surface area contributed by atoms with E-state index in [1.807, 2.05) is 0 Å². The van der Waals surface area contributed by atoms with Crippen LogP contribution >= 0.6 is 0 Å². The smallest absolute Gasteiger partial charge is 0.345 e. The molecular weight excluding hydrogens is 396 g/mol. The summed E-state index contributed by atoms with van der Waals surface area (Å²) < 4.78 is 74.8.